The number of nitrogens with one attached hydrogen (secondary N) is 1. The smallest absolute Gasteiger partial charge is 0.161 e. The Balaban J connectivity index is 2.01. The predicted molar refractivity (Wildman–Crippen MR) is 79.4 cm³/mol. The maximum atomic E-state index is 6.03. The van der Waals surface area contributed by atoms with Gasteiger partial charge in [0.05, 0.1) is 20.3 Å². The second-order valence-electron chi connectivity index (χ2n) is 5.45. The summed E-state index contributed by atoms with van der Waals surface area (Å²) in [5, 5.41) is 3.40. The molecule has 0 radical (unpaired) electrons. The van der Waals surface area contributed by atoms with E-state index in [0.29, 0.717) is 6.04 Å². The van der Waals surface area contributed by atoms with Gasteiger partial charge >= 0.3 is 0 Å². The average molecular weight is 279 g/mol. The van der Waals surface area contributed by atoms with Crippen molar-refractivity contribution in [2.24, 2.45) is 0 Å². The molecule has 1 fully saturated rings. The Bertz CT molecular complexity index is 414. The summed E-state index contributed by atoms with van der Waals surface area (Å²) >= 11 is 0. The Morgan fingerprint density at radius 2 is 2.00 bits per heavy atom. The van der Waals surface area contributed by atoms with E-state index in [1.165, 1.54) is 5.56 Å². The molecule has 0 unspecified atom stereocenters. The van der Waals surface area contributed by atoms with Crippen LogP contribution >= 0.6 is 0 Å². The van der Waals surface area contributed by atoms with Gasteiger partial charge in [-0.25, -0.2) is 0 Å². The lowest BCUT2D eigenvalue weighted by atomic mass is 10.1. The monoisotopic (exact) mass is 279 g/mol. The van der Waals surface area contributed by atoms with Gasteiger partial charge in [-0.3, -0.25) is 0 Å². The van der Waals surface area contributed by atoms with Crippen LogP contribution in [0.2, 0.25) is 0 Å². The first kappa shape index (κ1) is 15.1. The summed E-state index contributed by atoms with van der Waals surface area (Å²) in [6.45, 7) is 6.68. The number of benzene rings is 1. The molecule has 1 heterocycles. The van der Waals surface area contributed by atoms with Crippen molar-refractivity contribution in [1.29, 1.82) is 0 Å². The topological polar surface area (TPSA) is 39.7 Å². The normalized spacial score (nSPS) is 16.4. The van der Waals surface area contributed by atoms with Gasteiger partial charge in [-0.1, -0.05) is 19.9 Å². The first-order valence-electron chi connectivity index (χ1n) is 7.33. The second kappa shape index (κ2) is 7.50. The van der Waals surface area contributed by atoms with E-state index in [9.17, 15) is 0 Å². The van der Waals surface area contributed by atoms with Gasteiger partial charge < -0.3 is 19.5 Å². The molecule has 0 aliphatic carbocycles. The molecule has 1 aromatic carbocycles. The quantitative estimate of drug-likeness (QED) is 0.869. The number of methoxy groups -OCH3 is 1. The first-order chi connectivity index (χ1) is 9.69. The summed E-state index contributed by atoms with van der Waals surface area (Å²) in [7, 11) is 1.69. The van der Waals surface area contributed by atoms with Crippen molar-refractivity contribution in [2.45, 2.75) is 45.4 Å². The summed E-state index contributed by atoms with van der Waals surface area (Å²) in [6.07, 6.45) is 2.12. The van der Waals surface area contributed by atoms with Crippen molar-refractivity contribution in [3.05, 3.63) is 23.8 Å². The molecule has 1 saturated heterocycles. The molecule has 1 aliphatic rings. The number of rotatable bonds is 6. The standard InChI is InChI=1S/C16H25NO3/c1-12(2)17-11-13-4-5-15(16(10-13)18-3)20-14-6-8-19-9-7-14/h4-5,10,12,14,17H,6-9,11H2,1-3H3. The van der Waals surface area contributed by atoms with Crippen molar-refractivity contribution >= 4 is 0 Å². The highest BCUT2D eigenvalue weighted by molar-refractivity contribution is 5.43. The SMILES string of the molecule is COc1cc(CNC(C)C)ccc1OC1CCOCC1. The van der Waals surface area contributed by atoms with Crippen molar-refractivity contribution in [3.8, 4) is 11.5 Å². The van der Waals surface area contributed by atoms with Gasteiger partial charge in [-0.15, -0.1) is 0 Å². The molecule has 0 saturated carbocycles. The van der Waals surface area contributed by atoms with E-state index in [4.69, 9.17) is 14.2 Å². The van der Waals surface area contributed by atoms with E-state index < -0.39 is 0 Å². The Kier molecular flexibility index (Phi) is 5.68. The third-order valence-corrected chi connectivity index (χ3v) is 3.40. The largest absolute Gasteiger partial charge is 0.493 e. The predicted octanol–water partition coefficient (Wildman–Crippen LogP) is 2.75. The highest BCUT2D eigenvalue weighted by Gasteiger charge is 2.17. The van der Waals surface area contributed by atoms with E-state index in [0.717, 1.165) is 44.1 Å². The molecule has 0 atom stereocenters. The van der Waals surface area contributed by atoms with Crippen LogP contribution in [-0.2, 0) is 11.3 Å². The Labute approximate surface area is 121 Å². The maximum absolute atomic E-state index is 6.03. The van der Waals surface area contributed by atoms with Gasteiger partial charge in [0.15, 0.2) is 11.5 Å². The third kappa shape index (κ3) is 4.39. The lowest BCUT2D eigenvalue weighted by Crippen LogP contribution is -2.26. The zero-order valence-corrected chi connectivity index (χ0v) is 12.6. The minimum atomic E-state index is 0.234. The summed E-state index contributed by atoms with van der Waals surface area (Å²) in [6, 6.07) is 6.61. The number of hydrogen-bond donors (Lipinski definition) is 1. The van der Waals surface area contributed by atoms with E-state index in [1.54, 1.807) is 7.11 Å². The molecule has 2 rings (SSSR count). The summed E-state index contributed by atoms with van der Waals surface area (Å²) in [5.41, 5.74) is 1.20. The van der Waals surface area contributed by atoms with Crippen LogP contribution < -0.4 is 14.8 Å². The third-order valence-electron chi connectivity index (χ3n) is 3.40. The van der Waals surface area contributed by atoms with Crippen molar-refractivity contribution in [2.75, 3.05) is 20.3 Å². The minimum absolute atomic E-state index is 0.234. The van der Waals surface area contributed by atoms with Gasteiger partial charge in [-0.2, -0.15) is 0 Å². The van der Waals surface area contributed by atoms with Crippen LogP contribution in [0.15, 0.2) is 18.2 Å². The molecular weight excluding hydrogens is 254 g/mol. The Hall–Kier alpha value is -1.26. The van der Waals surface area contributed by atoms with Gasteiger partial charge in [-0.05, 0) is 17.7 Å². The van der Waals surface area contributed by atoms with Crippen LogP contribution in [0.3, 0.4) is 0 Å². The highest BCUT2D eigenvalue weighted by atomic mass is 16.5. The van der Waals surface area contributed by atoms with Crippen LogP contribution in [0.1, 0.15) is 32.3 Å². The minimum Gasteiger partial charge on any atom is -0.493 e. The van der Waals surface area contributed by atoms with Gasteiger partial charge in [0.1, 0.15) is 6.10 Å². The van der Waals surface area contributed by atoms with E-state index in [-0.39, 0.29) is 6.10 Å². The summed E-state index contributed by atoms with van der Waals surface area (Å²) in [5.74, 6) is 1.63. The Morgan fingerprint density at radius 1 is 1.25 bits per heavy atom. The summed E-state index contributed by atoms with van der Waals surface area (Å²) in [4.78, 5) is 0. The van der Waals surface area contributed by atoms with Crippen molar-refractivity contribution in [3.63, 3.8) is 0 Å². The van der Waals surface area contributed by atoms with Gasteiger partial charge in [0.2, 0.25) is 0 Å². The van der Waals surface area contributed by atoms with Crippen LogP contribution in [0.4, 0.5) is 0 Å². The average Bonchev–Trinajstić information content (AvgIpc) is 2.47. The molecule has 1 N–H and O–H groups in total. The van der Waals surface area contributed by atoms with Crippen LogP contribution in [0.25, 0.3) is 0 Å². The van der Waals surface area contributed by atoms with Crippen LogP contribution in [0.5, 0.6) is 11.5 Å². The second-order valence-corrected chi connectivity index (χ2v) is 5.45. The molecule has 0 bridgehead atoms. The van der Waals surface area contributed by atoms with E-state index >= 15 is 0 Å². The molecular formula is C16H25NO3. The van der Waals surface area contributed by atoms with Crippen molar-refractivity contribution in [1.82, 2.24) is 5.32 Å². The Morgan fingerprint density at radius 3 is 2.65 bits per heavy atom. The fourth-order valence-corrected chi connectivity index (χ4v) is 2.21. The first-order valence-corrected chi connectivity index (χ1v) is 7.33. The van der Waals surface area contributed by atoms with Gasteiger partial charge in [0, 0.05) is 25.4 Å². The van der Waals surface area contributed by atoms with Gasteiger partial charge in [0.25, 0.3) is 0 Å². The van der Waals surface area contributed by atoms with Crippen molar-refractivity contribution < 1.29 is 14.2 Å². The lowest BCUT2D eigenvalue weighted by molar-refractivity contribution is 0.0245. The fourth-order valence-electron chi connectivity index (χ4n) is 2.21. The molecule has 4 nitrogen and oxygen atoms in total. The highest BCUT2D eigenvalue weighted by Crippen LogP contribution is 2.30. The lowest BCUT2D eigenvalue weighted by Gasteiger charge is -2.24. The molecule has 1 aliphatic heterocycles. The van der Waals surface area contributed by atoms with Crippen LogP contribution in [-0.4, -0.2) is 32.5 Å². The fraction of sp³-hybridized carbons (Fsp3) is 0.625. The molecule has 0 spiro atoms. The molecule has 0 amide bonds. The van der Waals surface area contributed by atoms with Crippen LogP contribution in [0, 0.1) is 0 Å². The molecule has 4 heteroatoms. The maximum Gasteiger partial charge on any atom is 0.161 e. The molecule has 112 valence electrons. The zero-order chi connectivity index (χ0) is 14.4. The number of hydrogen-bond acceptors (Lipinski definition) is 4. The molecule has 0 aromatic heterocycles. The molecule has 20 heavy (non-hydrogen) atoms. The van der Waals surface area contributed by atoms with E-state index in [1.807, 2.05) is 12.1 Å². The number of ether oxygens (including phenoxy) is 3. The summed E-state index contributed by atoms with van der Waals surface area (Å²) < 4.78 is 16.8. The molecule has 1 aromatic rings. The zero-order valence-electron chi connectivity index (χ0n) is 12.6. The van der Waals surface area contributed by atoms with E-state index in [2.05, 4.69) is 25.2 Å².